The zero-order valence-corrected chi connectivity index (χ0v) is 22.2. The Kier molecular flexibility index (Phi) is 22.8. The van der Waals surface area contributed by atoms with Crippen LogP contribution in [0.2, 0.25) is 0 Å². The minimum atomic E-state index is -0.664. The highest BCUT2D eigenvalue weighted by atomic mass is 127. The fourth-order valence-electron chi connectivity index (χ4n) is 3.14. The van der Waals surface area contributed by atoms with Gasteiger partial charge in [0.1, 0.15) is 0 Å². The molecule has 30 heavy (non-hydrogen) atoms. The second-order valence-electron chi connectivity index (χ2n) is 9.13. The molecule has 6 nitrogen and oxygen atoms in total. The molecule has 0 spiro atoms. The molecule has 0 aromatic heterocycles. The van der Waals surface area contributed by atoms with E-state index in [0.717, 1.165) is 23.9 Å². The minimum absolute atomic E-state index is 0. The second-order valence-corrected chi connectivity index (χ2v) is 9.13. The van der Waals surface area contributed by atoms with E-state index in [2.05, 4.69) is 17.6 Å². The first-order valence-electron chi connectivity index (χ1n) is 11.9. The molecule has 0 bridgehead atoms. The average Bonchev–Trinajstić information content (AvgIpc) is 2.63. The van der Waals surface area contributed by atoms with Crippen molar-refractivity contribution in [2.45, 2.75) is 96.8 Å². The molecule has 0 saturated heterocycles. The number of hydrogen-bond acceptors (Lipinski definition) is 3. The number of unbranched alkanes of at least 4 members (excludes halogenated alkanes) is 13. The highest BCUT2D eigenvalue weighted by Crippen LogP contribution is 2.12. The number of nitrogens with one attached hydrogen (secondary N) is 2. The monoisotopic (exact) mass is 541 g/mol. The van der Waals surface area contributed by atoms with E-state index >= 15 is 0 Å². The lowest BCUT2D eigenvalue weighted by atomic mass is 10.0. The van der Waals surface area contributed by atoms with E-state index in [1.54, 1.807) is 0 Å². The van der Waals surface area contributed by atoms with Gasteiger partial charge in [-0.3, -0.25) is 0 Å². The van der Waals surface area contributed by atoms with Crippen LogP contribution in [0.15, 0.2) is 0 Å². The predicted octanol–water partition coefficient (Wildman–Crippen LogP) is 2.61. The van der Waals surface area contributed by atoms with Crippen molar-refractivity contribution in [1.82, 2.24) is 10.6 Å². The van der Waals surface area contributed by atoms with Gasteiger partial charge in [0.2, 0.25) is 0 Å². The Bertz CT molecular complexity index is 415. The number of halogens is 1. The lowest BCUT2D eigenvalue weighted by Crippen LogP contribution is -3.00. The summed E-state index contributed by atoms with van der Waals surface area (Å²) in [4.78, 5) is 23.1. The highest BCUT2D eigenvalue weighted by molar-refractivity contribution is 5.90. The summed E-state index contributed by atoms with van der Waals surface area (Å²) in [6.45, 7) is 3.94. The summed E-state index contributed by atoms with van der Waals surface area (Å²) >= 11 is 0. The Morgan fingerprint density at radius 2 is 1.17 bits per heavy atom. The summed E-state index contributed by atoms with van der Waals surface area (Å²) < 4.78 is 5.81. The van der Waals surface area contributed by atoms with E-state index in [-0.39, 0.29) is 24.0 Å². The van der Waals surface area contributed by atoms with E-state index in [9.17, 15) is 9.59 Å². The van der Waals surface area contributed by atoms with Crippen LogP contribution in [0.4, 0.5) is 9.59 Å². The fraction of sp³-hybridized carbons (Fsp3) is 0.913. The number of urea groups is 1. The molecule has 0 heterocycles. The third-order valence-electron chi connectivity index (χ3n) is 5.01. The van der Waals surface area contributed by atoms with Gasteiger partial charge in [0.15, 0.2) is 0 Å². The standard InChI is InChI=1S/C23H47N3O3.HI/c1-5-6-7-8-9-10-11-12-13-14-15-16-17-18-21-29-23(28)25-22(27)24-19-20-26(2,3)4;/h5-21H2,1-4H3,(H-,24,25,27,28);1H. The third-order valence-corrected chi connectivity index (χ3v) is 5.01. The molecule has 0 radical (unpaired) electrons. The van der Waals surface area contributed by atoms with Crippen LogP contribution in [0.3, 0.4) is 0 Å². The van der Waals surface area contributed by atoms with Crippen LogP contribution in [0, 0.1) is 0 Å². The van der Waals surface area contributed by atoms with Crippen molar-refractivity contribution in [1.29, 1.82) is 0 Å². The zero-order chi connectivity index (χ0) is 21.8. The van der Waals surface area contributed by atoms with Gasteiger partial charge in [0.25, 0.3) is 0 Å². The van der Waals surface area contributed by atoms with Gasteiger partial charge >= 0.3 is 12.1 Å². The van der Waals surface area contributed by atoms with E-state index < -0.39 is 12.1 Å². The molecule has 0 aromatic rings. The van der Waals surface area contributed by atoms with Crippen LogP contribution in [-0.4, -0.2) is 57.4 Å². The van der Waals surface area contributed by atoms with Gasteiger partial charge in [0.05, 0.1) is 40.8 Å². The number of nitrogens with zero attached hydrogens (tertiary/aromatic N) is 1. The third kappa shape index (κ3) is 25.5. The molecule has 180 valence electrons. The van der Waals surface area contributed by atoms with Crippen molar-refractivity contribution < 1.29 is 42.8 Å². The summed E-state index contributed by atoms with van der Waals surface area (Å²) in [6, 6.07) is -0.496. The minimum Gasteiger partial charge on any atom is -1.00 e. The van der Waals surface area contributed by atoms with Crippen molar-refractivity contribution >= 4 is 12.1 Å². The molecule has 0 atom stereocenters. The van der Waals surface area contributed by atoms with Crippen molar-refractivity contribution in [2.75, 3.05) is 40.8 Å². The van der Waals surface area contributed by atoms with E-state index in [1.807, 2.05) is 21.1 Å². The molecule has 3 amide bonds. The Morgan fingerprint density at radius 1 is 0.733 bits per heavy atom. The number of carbonyl (C=O) groups is 2. The fourth-order valence-corrected chi connectivity index (χ4v) is 3.14. The SMILES string of the molecule is CCCCCCCCCCCCCCCCOC(=O)NC(=O)NCC[N+](C)(C)C.[I-]. The molecule has 2 N–H and O–H groups in total. The van der Waals surface area contributed by atoms with Gasteiger partial charge in [-0.25, -0.2) is 14.9 Å². The summed E-state index contributed by atoms with van der Waals surface area (Å²) in [5.41, 5.74) is 0. The van der Waals surface area contributed by atoms with Gasteiger partial charge in [-0.15, -0.1) is 0 Å². The molecular weight excluding hydrogens is 493 g/mol. The normalized spacial score (nSPS) is 10.9. The maximum absolute atomic E-state index is 11.6. The first kappa shape index (κ1) is 31.6. The van der Waals surface area contributed by atoms with Crippen LogP contribution >= 0.6 is 0 Å². The molecule has 0 saturated carbocycles. The number of quaternary nitrogens is 1. The van der Waals surface area contributed by atoms with Gasteiger partial charge in [-0.1, -0.05) is 90.4 Å². The van der Waals surface area contributed by atoms with E-state index in [1.165, 1.54) is 77.0 Å². The van der Waals surface area contributed by atoms with Crippen LogP contribution < -0.4 is 34.6 Å². The summed E-state index contributed by atoms with van der Waals surface area (Å²) in [6.07, 6.45) is 17.5. The average molecular weight is 542 g/mol. The Balaban J connectivity index is 0. The smallest absolute Gasteiger partial charge is 0.415 e. The molecular formula is C23H48IN3O3. The predicted molar refractivity (Wildman–Crippen MR) is 121 cm³/mol. The van der Waals surface area contributed by atoms with Crippen molar-refractivity contribution in [3.8, 4) is 0 Å². The number of likely N-dealkylation sites (N-methyl/N-ethyl adjacent to an activating group) is 1. The highest BCUT2D eigenvalue weighted by Gasteiger charge is 2.10. The van der Waals surface area contributed by atoms with Crippen LogP contribution in [0.1, 0.15) is 96.8 Å². The number of carbonyl (C=O) groups excluding carboxylic acids is 2. The van der Waals surface area contributed by atoms with Crippen LogP contribution in [0.5, 0.6) is 0 Å². The lowest BCUT2D eigenvalue weighted by molar-refractivity contribution is -0.869. The van der Waals surface area contributed by atoms with Crippen molar-refractivity contribution in [3.63, 3.8) is 0 Å². The maximum atomic E-state index is 11.6. The lowest BCUT2D eigenvalue weighted by Gasteiger charge is -2.23. The van der Waals surface area contributed by atoms with Gasteiger partial charge in [0, 0.05) is 0 Å². The molecule has 0 aliphatic heterocycles. The van der Waals surface area contributed by atoms with Crippen LogP contribution in [-0.2, 0) is 4.74 Å². The largest absolute Gasteiger partial charge is 1.00 e. The summed E-state index contributed by atoms with van der Waals surface area (Å²) in [5.74, 6) is 0. The Hall–Kier alpha value is -0.570. The first-order valence-corrected chi connectivity index (χ1v) is 11.9. The van der Waals surface area contributed by atoms with Crippen molar-refractivity contribution in [3.05, 3.63) is 0 Å². The van der Waals surface area contributed by atoms with Crippen molar-refractivity contribution in [2.24, 2.45) is 0 Å². The van der Waals surface area contributed by atoms with E-state index in [0.29, 0.717) is 13.2 Å². The molecule has 0 rings (SSSR count). The number of rotatable bonds is 18. The number of hydrogen-bond donors (Lipinski definition) is 2. The summed E-state index contributed by atoms with van der Waals surface area (Å²) in [7, 11) is 6.14. The molecule has 0 unspecified atom stereocenters. The van der Waals surface area contributed by atoms with E-state index in [4.69, 9.17) is 4.74 Å². The molecule has 0 aromatic carbocycles. The molecule has 0 aliphatic rings. The van der Waals surface area contributed by atoms with Gasteiger partial charge < -0.3 is 38.5 Å². The van der Waals surface area contributed by atoms with Crippen LogP contribution in [0.25, 0.3) is 0 Å². The maximum Gasteiger partial charge on any atom is 0.415 e. The molecule has 0 aliphatic carbocycles. The topological polar surface area (TPSA) is 67.4 Å². The summed E-state index contributed by atoms with van der Waals surface area (Å²) in [5, 5.41) is 4.86. The first-order chi connectivity index (χ1) is 13.8. The number of amides is 3. The Labute approximate surface area is 202 Å². The number of imide groups is 1. The second kappa shape index (κ2) is 21.7. The zero-order valence-electron chi connectivity index (χ0n) is 20.1. The van der Waals surface area contributed by atoms with Gasteiger partial charge in [-0.2, -0.15) is 0 Å². The van der Waals surface area contributed by atoms with Gasteiger partial charge in [-0.05, 0) is 6.42 Å². The molecule has 0 fully saturated rings. The quantitative estimate of drug-likeness (QED) is 0.159. The number of alkyl carbamates (subject to hydrolysis) is 1. The number of ether oxygens (including phenoxy) is 1. The Morgan fingerprint density at radius 3 is 1.60 bits per heavy atom. The molecule has 7 heteroatoms.